The first-order valence-electron chi connectivity index (χ1n) is 6.12. The molecule has 1 N–H and O–H groups in total. The van der Waals surface area contributed by atoms with Crippen LogP contribution in [0.1, 0.15) is 40.0 Å². The van der Waals surface area contributed by atoms with Crippen LogP contribution in [0.4, 0.5) is 0 Å². The molecule has 2 fully saturated rings. The van der Waals surface area contributed by atoms with Crippen LogP contribution in [0.15, 0.2) is 0 Å². The molecule has 2 aliphatic rings. The Morgan fingerprint density at radius 2 is 2.06 bits per heavy atom. The fraction of sp³-hybridized carbons (Fsp3) is 0.909. The first kappa shape index (κ1) is 12.8. The summed E-state index contributed by atoms with van der Waals surface area (Å²) in [6.07, 6.45) is 3.14. The van der Waals surface area contributed by atoms with Gasteiger partial charge in [0.2, 0.25) is 0 Å². The first-order chi connectivity index (χ1) is 7.80. The van der Waals surface area contributed by atoms with E-state index in [1.807, 2.05) is 6.92 Å². The highest BCUT2D eigenvalue weighted by atomic mass is 32.2. The molecule has 2 unspecified atom stereocenters. The Balaban J connectivity index is 2.16. The van der Waals surface area contributed by atoms with Gasteiger partial charge in [-0.25, -0.2) is 12.7 Å². The van der Waals surface area contributed by atoms with Crippen LogP contribution in [0.5, 0.6) is 0 Å². The maximum absolute atomic E-state index is 12.0. The Labute approximate surface area is 103 Å². The Kier molecular flexibility index (Phi) is 2.98. The van der Waals surface area contributed by atoms with Crippen LogP contribution < -0.4 is 5.32 Å². The van der Waals surface area contributed by atoms with Crippen LogP contribution in [0.3, 0.4) is 0 Å². The zero-order chi connectivity index (χ0) is 12.8. The Morgan fingerprint density at radius 3 is 2.53 bits per heavy atom. The monoisotopic (exact) mass is 260 g/mol. The molecule has 0 aliphatic carbocycles. The van der Waals surface area contributed by atoms with Crippen LogP contribution in [0.2, 0.25) is 0 Å². The summed E-state index contributed by atoms with van der Waals surface area (Å²) in [6.45, 7) is 5.67. The zero-order valence-corrected chi connectivity index (χ0v) is 11.4. The van der Waals surface area contributed by atoms with Crippen molar-refractivity contribution >= 4 is 15.9 Å². The third kappa shape index (κ3) is 1.69. The van der Waals surface area contributed by atoms with Gasteiger partial charge in [-0.2, -0.15) is 0 Å². The predicted octanol–water partition coefficient (Wildman–Crippen LogP) is 0.468. The molecule has 1 amide bonds. The van der Waals surface area contributed by atoms with E-state index >= 15 is 0 Å². The van der Waals surface area contributed by atoms with Crippen LogP contribution in [0.25, 0.3) is 0 Å². The summed E-state index contributed by atoms with van der Waals surface area (Å²) in [7, 11) is -3.45. The molecule has 0 spiro atoms. The van der Waals surface area contributed by atoms with Crippen molar-refractivity contribution in [3.8, 4) is 0 Å². The number of carbonyl (C=O) groups excluding carboxylic acids is 1. The van der Waals surface area contributed by atoms with E-state index < -0.39 is 14.8 Å². The standard InChI is InChI=1S/C11H20N2O3S/c1-8(9-6-4-5-7-12-9)13-10(14)11(2,3)17(13,15)16/h8-9,12H,4-7H2,1-3H3. The summed E-state index contributed by atoms with van der Waals surface area (Å²) in [6, 6.07) is -0.181. The molecule has 0 aromatic rings. The lowest BCUT2D eigenvalue weighted by Gasteiger charge is -2.48. The maximum atomic E-state index is 12.0. The number of nitrogens with one attached hydrogen (secondary N) is 1. The molecule has 2 aliphatic heterocycles. The van der Waals surface area contributed by atoms with Crippen LogP contribution in [-0.4, -0.2) is 42.0 Å². The van der Waals surface area contributed by atoms with Crippen molar-refractivity contribution in [3.63, 3.8) is 0 Å². The first-order valence-corrected chi connectivity index (χ1v) is 7.56. The minimum absolute atomic E-state index is 0.0959. The van der Waals surface area contributed by atoms with E-state index in [1.165, 1.54) is 13.8 Å². The molecular formula is C11H20N2O3S. The lowest BCUT2D eigenvalue weighted by atomic mass is 9.98. The Morgan fingerprint density at radius 1 is 1.41 bits per heavy atom. The van der Waals surface area contributed by atoms with Crippen molar-refractivity contribution in [2.24, 2.45) is 0 Å². The molecular weight excluding hydrogens is 240 g/mol. The van der Waals surface area contributed by atoms with Crippen molar-refractivity contribution < 1.29 is 13.2 Å². The molecule has 0 aromatic heterocycles. The van der Waals surface area contributed by atoms with Crippen molar-refractivity contribution in [2.45, 2.75) is 56.9 Å². The molecule has 2 saturated heterocycles. The van der Waals surface area contributed by atoms with E-state index in [2.05, 4.69) is 5.32 Å². The van der Waals surface area contributed by atoms with Gasteiger partial charge >= 0.3 is 0 Å². The summed E-state index contributed by atoms with van der Waals surface area (Å²) in [4.78, 5) is 11.9. The molecule has 6 heteroatoms. The van der Waals surface area contributed by atoms with Crippen molar-refractivity contribution in [1.82, 2.24) is 9.62 Å². The number of carbonyl (C=O) groups is 1. The number of sulfonamides is 1. The average molecular weight is 260 g/mol. The van der Waals surface area contributed by atoms with E-state index in [-0.39, 0.29) is 18.0 Å². The second kappa shape index (κ2) is 3.95. The Hall–Kier alpha value is -0.620. The summed E-state index contributed by atoms with van der Waals surface area (Å²) in [5, 5.41) is 3.30. The minimum Gasteiger partial charge on any atom is -0.312 e. The van der Waals surface area contributed by atoms with Gasteiger partial charge < -0.3 is 5.32 Å². The van der Waals surface area contributed by atoms with Gasteiger partial charge in [0, 0.05) is 6.04 Å². The lowest BCUT2D eigenvalue weighted by Crippen LogP contribution is -2.72. The van der Waals surface area contributed by atoms with Crippen molar-refractivity contribution in [3.05, 3.63) is 0 Å². The van der Waals surface area contributed by atoms with Gasteiger partial charge in [-0.05, 0) is 40.2 Å². The van der Waals surface area contributed by atoms with E-state index in [4.69, 9.17) is 0 Å². The number of rotatable bonds is 2. The summed E-state index contributed by atoms with van der Waals surface area (Å²) in [5.41, 5.74) is 0. The molecule has 98 valence electrons. The summed E-state index contributed by atoms with van der Waals surface area (Å²) < 4.78 is 23.9. The Bertz CT molecular complexity index is 424. The van der Waals surface area contributed by atoms with Gasteiger partial charge in [-0.3, -0.25) is 4.79 Å². The van der Waals surface area contributed by atoms with Gasteiger partial charge in [0.25, 0.3) is 15.9 Å². The molecule has 2 heterocycles. The summed E-state index contributed by atoms with van der Waals surface area (Å²) in [5.74, 6) is -0.280. The number of piperidine rings is 1. The number of nitrogens with zero attached hydrogens (tertiary/aromatic N) is 1. The predicted molar refractivity (Wildman–Crippen MR) is 64.9 cm³/mol. The fourth-order valence-corrected chi connectivity index (χ4v) is 4.26. The van der Waals surface area contributed by atoms with E-state index in [0.29, 0.717) is 0 Å². The highest BCUT2D eigenvalue weighted by Gasteiger charge is 2.62. The molecule has 2 rings (SSSR count). The van der Waals surface area contributed by atoms with Crippen LogP contribution in [-0.2, 0) is 14.8 Å². The normalized spacial score (nSPS) is 33.0. The largest absolute Gasteiger partial charge is 0.312 e. The van der Waals surface area contributed by atoms with E-state index in [9.17, 15) is 13.2 Å². The number of hydrogen-bond acceptors (Lipinski definition) is 4. The third-order valence-electron chi connectivity index (χ3n) is 3.92. The lowest BCUT2D eigenvalue weighted by molar-refractivity contribution is -0.134. The minimum atomic E-state index is -3.45. The zero-order valence-electron chi connectivity index (χ0n) is 10.6. The quantitative estimate of drug-likeness (QED) is 0.783. The van der Waals surface area contributed by atoms with Crippen LogP contribution >= 0.6 is 0 Å². The van der Waals surface area contributed by atoms with E-state index in [0.717, 1.165) is 30.1 Å². The highest BCUT2D eigenvalue weighted by molar-refractivity contribution is 7.94. The second-order valence-electron chi connectivity index (χ2n) is 5.41. The summed E-state index contributed by atoms with van der Waals surface area (Å²) >= 11 is 0. The maximum Gasteiger partial charge on any atom is 0.259 e. The average Bonchev–Trinajstić information content (AvgIpc) is 2.29. The van der Waals surface area contributed by atoms with Gasteiger partial charge in [-0.1, -0.05) is 6.42 Å². The topological polar surface area (TPSA) is 66.5 Å². The third-order valence-corrected chi connectivity index (χ3v) is 6.40. The number of hydrogen-bond donors (Lipinski definition) is 1. The van der Waals surface area contributed by atoms with Gasteiger partial charge in [-0.15, -0.1) is 0 Å². The smallest absolute Gasteiger partial charge is 0.259 e. The van der Waals surface area contributed by atoms with Gasteiger partial charge in [0.05, 0.1) is 6.04 Å². The SMILES string of the molecule is CC(C1CCCCN1)N1C(=O)C(C)(C)S1(=O)=O. The van der Waals surface area contributed by atoms with Gasteiger partial charge in [0.15, 0.2) is 4.75 Å². The van der Waals surface area contributed by atoms with E-state index in [1.54, 1.807) is 0 Å². The number of amides is 1. The highest BCUT2D eigenvalue weighted by Crippen LogP contribution is 2.37. The second-order valence-corrected chi connectivity index (χ2v) is 7.78. The molecule has 5 nitrogen and oxygen atoms in total. The molecule has 2 atom stereocenters. The molecule has 0 bridgehead atoms. The molecule has 0 saturated carbocycles. The van der Waals surface area contributed by atoms with Crippen molar-refractivity contribution in [2.75, 3.05) is 6.54 Å². The molecule has 0 radical (unpaired) electrons. The fourth-order valence-electron chi connectivity index (χ4n) is 2.55. The van der Waals surface area contributed by atoms with Crippen molar-refractivity contribution in [1.29, 1.82) is 0 Å². The van der Waals surface area contributed by atoms with Crippen LogP contribution in [0, 0.1) is 0 Å². The molecule has 0 aromatic carbocycles. The van der Waals surface area contributed by atoms with Gasteiger partial charge in [0.1, 0.15) is 0 Å². The molecule has 17 heavy (non-hydrogen) atoms.